The Kier molecular flexibility index (Phi) is 8.62. The summed E-state index contributed by atoms with van der Waals surface area (Å²) in [7, 11) is 4.67. The third kappa shape index (κ3) is 6.15. The molecular weight excluding hydrogens is 396 g/mol. The highest BCUT2D eigenvalue weighted by atomic mass is 33.1. The number of anilines is 1. The molecule has 0 fully saturated rings. The molecular formula is C19H24N4O3S2. The Bertz CT molecular complexity index is 846. The predicted octanol–water partition coefficient (Wildman–Crippen LogP) is 3.39. The first kappa shape index (κ1) is 22.1. The van der Waals surface area contributed by atoms with Crippen molar-refractivity contribution in [2.24, 2.45) is 0 Å². The van der Waals surface area contributed by atoms with Gasteiger partial charge in [-0.15, -0.1) is 0 Å². The van der Waals surface area contributed by atoms with Gasteiger partial charge < -0.3 is 20.5 Å². The number of aliphatic hydroxyl groups is 1. The fraction of sp³-hybridized carbons (Fsp3) is 0.316. The lowest BCUT2D eigenvalue weighted by Gasteiger charge is -2.22. The quantitative estimate of drug-likeness (QED) is 0.445. The van der Waals surface area contributed by atoms with Crippen LogP contribution < -0.4 is 10.5 Å². The summed E-state index contributed by atoms with van der Waals surface area (Å²) in [6.45, 7) is 3.86. The summed E-state index contributed by atoms with van der Waals surface area (Å²) in [4.78, 5) is 23.5. The number of benzene rings is 1. The maximum atomic E-state index is 11.7. The Balaban J connectivity index is 2.19. The van der Waals surface area contributed by atoms with E-state index in [9.17, 15) is 9.90 Å². The lowest BCUT2D eigenvalue weighted by Crippen LogP contribution is -2.21. The first-order valence-electron chi connectivity index (χ1n) is 8.57. The summed E-state index contributed by atoms with van der Waals surface area (Å²) in [6, 6.07) is 7.72. The number of nitrogens with zero attached hydrogens (tertiary/aromatic N) is 3. The maximum Gasteiger partial charge on any atom is 0.214 e. The van der Waals surface area contributed by atoms with Crippen LogP contribution >= 0.6 is 21.6 Å². The van der Waals surface area contributed by atoms with Gasteiger partial charge in [0.1, 0.15) is 17.4 Å². The van der Waals surface area contributed by atoms with E-state index in [1.54, 1.807) is 35.9 Å². The van der Waals surface area contributed by atoms with E-state index in [0.29, 0.717) is 23.6 Å². The largest absolute Gasteiger partial charge is 0.497 e. The minimum Gasteiger partial charge on any atom is -0.497 e. The molecule has 1 aromatic heterocycles. The maximum absolute atomic E-state index is 11.7. The summed E-state index contributed by atoms with van der Waals surface area (Å²) in [5, 5.41) is 9.46. The third-order valence-corrected chi connectivity index (χ3v) is 6.60. The van der Waals surface area contributed by atoms with Gasteiger partial charge in [0, 0.05) is 40.3 Å². The van der Waals surface area contributed by atoms with E-state index in [-0.39, 0.29) is 13.2 Å². The lowest BCUT2D eigenvalue weighted by atomic mass is 10.2. The number of aromatic nitrogens is 2. The van der Waals surface area contributed by atoms with E-state index in [1.165, 1.54) is 10.8 Å². The van der Waals surface area contributed by atoms with Crippen molar-refractivity contribution >= 4 is 33.8 Å². The van der Waals surface area contributed by atoms with Crippen LogP contribution in [0.25, 0.3) is 0 Å². The average molecular weight is 421 g/mol. The number of hydrogen-bond donors (Lipinski definition) is 2. The fourth-order valence-corrected chi connectivity index (χ4v) is 4.77. The predicted molar refractivity (Wildman–Crippen MR) is 114 cm³/mol. The van der Waals surface area contributed by atoms with Crippen molar-refractivity contribution in [3.63, 3.8) is 0 Å². The molecule has 0 aliphatic rings. The van der Waals surface area contributed by atoms with Crippen LogP contribution in [0, 0.1) is 6.92 Å². The Morgan fingerprint density at radius 3 is 2.86 bits per heavy atom. The second-order valence-corrected chi connectivity index (χ2v) is 8.19. The van der Waals surface area contributed by atoms with Crippen LogP contribution in [0.4, 0.5) is 5.82 Å². The number of ether oxygens (including phenoxy) is 1. The second kappa shape index (κ2) is 10.9. The second-order valence-electron chi connectivity index (χ2n) is 5.89. The van der Waals surface area contributed by atoms with Gasteiger partial charge in [0.05, 0.1) is 13.7 Å². The minimum atomic E-state index is -0.0131. The number of rotatable bonds is 10. The van der Waals surface area contributed by atoms with E-state index in [4.69, 9.17) is 10.5 Å². The average Bonchev–Trinajstić information content (AvgIpc) is 2.70. The molecule has 0 bridgehead atoms. The highest BCUT2D eigenvalue weighted by Crippen LogP contribution is 2.41. The van der Waals surface area contributed by atoms with Gasteiger partial charge in [-0.1, -0.05) is 27.7 Å². The first-order valence-corrected chi connectivity index (χ1v) is 10.7. The molecule has 3 N–H and O–H groups in total. The number of methoxy groups -OCH3 is 1. The van der Waals surface area contributed by atoms with Gasteiger partial charge in [-0.3, -0.25) is 4.79 Å². The highest BCUT2D eigenvalue weighted by molar-refractivity contribution is 8.78. The first-order chi connectivity index (χ1) is 13.5. The molecule has 1 aromatic carbocycles. The van der Waals surface area contributed by atoms with Crippen LogP contribution in [0.2, 0.25) is 0 Å². The SMILES string of the molecule is COc1cccc(SS/C(CCO)=C(/C)N(C=O)Cc2cnc(C)nc2N)c1. The van der Waals surface area contributed by atoms with Crippen molar-refractivity contribution in [1.29, 1.82) is 0 Å². The van der Waals surface area contributed by atoms with Gasteiger partial charge in [-0.25, -0.2) is 9.97 Å². The zero-order chi connectivity index (χ0) is 20.5. The van der Waals surface area contributed by atoms with Gasteiger partial charge in [-0.05, 0) is 32.0 Å². The molecule has 7 nitrogen and oxygen atoms in total. The Morgan fingerprint density at radius 2 is 2.21 bits per heavy atom. The number of hydrogen-bond acceptors (Lipinski definition) is 8. The van der Waals surface area contributed by atoms with Crippen molar-refractivity contribution in [3.8, 4) is 5.75 Å². The Labute approximate surface area is 172 Å². The molecule has 28 heavy (non-hydrogen) atoms. The molecule has 0 radical (unpaired) electrons. The molecule has 1 amide bonds. The molecule has 9 heteroatoms. The van der Waals surface area contributed by atoms with Crippen LogP contribution in [-0.2, 0) is 11.3 Å². The molecule has 150 valence electrons. The summed E-state index contributed by atoms with van der Waals surface area (Å²) < 4.78 is 5.25. The summed E-state index contributed by atoms with van der Waals surface area (Å²) >= 11 is 0. The smallest absolute Gasteiger partial charge is 0.214 e. The van der Waals surface area contributed by atoms with Gasteiger partial charge in [-0.2, -0.15) is 0 Å². The number of allylic oxidation sites excluding steroid dienone is 1. The van der Waals surface area contributed by atoms with Crippen LogP contribution in [0.3, 0.4) is 0 Å². The van der Waals surface area contributed by atoms with Crippen molar-refractivity contribution in [2.75, 3.05) is 19.5 Å². The van der Waals surface area contributed by atoms with Crippen LogP contribution in [-0.4, -0.2) is 40.1 Å². The molecule has 0 aliphatic carbocycles. The minimum absolute atomic E-state index is 0.0131. The van der Waals surface area contributed by atoms with E-state index >= 15 is 0 Å². The molecule has 0 atom stereocenters. The lowest BCUT2D eigenvalue weighted by molar-refractivity contribution is -0.116. The van der Waals surface area contributed by atoms with Gasteiger partial charge in [0.25, 0.3) is 0 Å². The van der Waals surface area contributed by atoms with E-state index in [2.05, 4.69) is 9.97 Å². The van der Waals surface area contributed by atoms with E-state index in [1.807, 2.05) is 31.2 Å². The Hall–Kier alpha value is -2.23. The topological polar surface area (TPSA) is 102 Å². The van der Waals surface area contributed by atoms with Crippen molar-refractivity contribution in [1.82, 2.24) is 14.9 Å². The number of aliphatic hydroxyl groups excluding tert-OH is 1. The van der Waals surface area contributed by atoms with Crippen molar-refractivity contribution < 1.29 is 14.6 Å². The molecule has 0 saturated carbocycles. The molecule has 0 unspecified atom stereocenters. The number of aryl methyl sites for hydroxylation is 1. The monoisotopic (exact) mass is 420 g/mol. The number of nitrogens with two attached hydrogens (primary N) is 1. The van der Waals surface area contributed by atoms with Crippen molar-refractivity contribution in [3.05, 3.63) is 52.5 Å². The Morgan fingerprint density at radius 1 is 1.43 bits per heavy atom. The zero-order valence-electron chi connectivity index (χ0n) is 16.1. The number of amides is 1. The highest BCUT2D eigenvalue weighted by Gasteiger charge is 2.14. The molecule has 2 aromatic rings. The van der Waals surface area contributed by atoms with Crippen LogP contribution in [0.15, 0.2) is 46.0 Å². The number of nitrogen functional groups attached to an aromatic ring is 1. The van der Waals surface area contributed by atoms with Crippen LogP contribution in [0.5, 0.6) is 5.75 Å². The molecule has 0 spiro atoms. The van der Waals surface area contributed by atoms with Gasteiger partial charge in [0.2, 0.25) is 6.41 Å². The van der Waals surface area contributed by atoms with E-state index < -0.39 is 0 Å². The third-order valence-electron chi connectivity index (χ3n) is 3.94. The summed E-state index contributed by atoms with van der Waals surface area (Å²) in [5.41, 5.74) is 7.38. The summed E-state index contributed by atoms with van der Waals surface area (Å²) in [6.07, 6.45) is 2.83. The normalized spacial score (nSPS) is 11.7. The molecule has 0 aliphatic heterocycles. The molecule has 1 heterocycles. The van der Waals surface area contributed by atoms with Gasteiger partial charge >= 0.3 is 0 Å². The van der Waals surface area contributed by atoms with Gasteiger partial charge in [0.15, 0.2) is 0 Å². The fourth-order valence-electron chi connectivity index (χ4n) is 2.35. The van der Waals surface area contributed by atoms with Crippen molar-refractivity contribution in [2.45, 2.75) is 31.7 Å². The number of carbonyl (C=O) groups excluding carboxylic acids is 1. The molecule has 2 rings (SSSR count). The number of carbonyl (C=O) groups is 1. The van der Waals surface area contributed by atoms with E-state index in [0.717, 1.165) is 27.7 Å². The summed E-state index contributed by atoms with van der Waals surface area (Å²) in [5.74, 6) is 1.71. The van der Waals surface area contributed by atoms with Crippen LogP contribution in [0.1, 0.15) is 24.7 Å². The molecule has 0 saturated heterocycles. The zero-order valence-corrected chi connectivity index (χ0v) is 17.7. The standard InChI is InChI=1S/C19H24N4O3S2/c1-13(23(12-25)11-15-10-21-14(2)22-19(15)20)18(7-8-24)28-27-17-6-4-5-16(9-17)26-3/h4-6,9-10,12,24H,7-8,11H2,1-3H3,(H2,20,21,22)/b18-13-.